The Bertz CT molecular complexity index is 168. The van der Waals surface area contributed by atoms with Crippen molar-refractivity contribution in [3.8, 4) is 0 Å². The number of nitrogens with one attached hydrogen (secondary N) is 1. The molecule has 0 radical (unpaired) electrons. The summed E-state index contributed by atoms with van der Waals surface area (Å²) in [5, 5.41) is 3.49. The lowest BCUT2D eigenvalue weighted by atomic mass is 10.1. The largest absolute Gasteiger partial charge is 0.379 e. The fraction of sp³-hybridized carbons (Fsp3) is 1.00. The zero-order valence-corrected chi connectivity index (χ0v) is 11.7. The van der Waals surface area contributed by atoms with E-state index in [1.807, 2.05) is 0 Å². The number of ether oxygens (including phenoxy) is 1. The fourth-order valence-corrected chi connectivity index (χ4v) is 2.25. The zero-order chi connectivity index (χ0) is 12.3. The Kier molecular flexibility index (Phi) is 8.67. The Morgan fingerprint density at radius 1 is 1.06 bits per heavy atom. The second-order valence-electron chi connectivity index (χ2n) is 5.28. The summed E-state index contributed by atoms with van der Waals surface area (Å²) in [5.74, 6) is 0. The predicted molar refractivity (Wildman–Crippen MR) is 73.5 cm³/mol. The van der Waals surface area contributed by atoms with E-state index >= 15 is 0 Å². The van der Waals surface area contributed by atoms with Crippen molar-refractivity contribution >= 4 is 0 Å². The molecule has 1 rings (SSSR count). The van der Waals surface area contributed by atoms with Crippen LogP contribution in [0, 0.1) is 0 Å². The maximum Gasteiger partial charge on any atom is 0.0518 e. The molecule has 3 nitrogen and oxygen atoms in total. The maximum atomic E-state index is 5.50. The average Bonchev–Trinajstić information content (AvgIpc) is 2.33. The van der Waals surface area contributed by atoms with Crippen molar-refractivity contribution in [3.05, 3.63) is 0 Å². The van der Waals surface area contributed by atoms with E-state index < -0.39 is 0 Å². The molecule has 0 aromatic rings. The van der Waals surface area contributed by atoms with Crippen molar-refractivity contribution in [2.45, 2.75) is 52.1 Å². The van der Waals surface area contributed by atoms with Gasteiger partial charge in [0.05, 0.1) is 6.10 Å². The van der Waals surface area contributed by atoms with Crippen molar-refractivity contribution in [3.63, 3.8) is 0 Å². The van der Waals surface area contributed by atoms with Gasteiger partial charge in [-0.05, 0) is 72.3 Å². The molecule has 1 heterocycles. The molecular formula is C14H30N2O. The second kappa shape index (κ2) is 9.86. The molecule has 1 aliphatic heterocycles. The van der Waals surface area contributed by atoms with Gasteiger partial charge in [-0.1, -0.05) is 6.42 Å². The first-order valence-electron chi connectivity index (χ1n) is 7.33. The Morgan fingerprint density at radius 3 is 2.47 bits per heavy atom. The van der Waals surface area contributed by atoms with E-state index in [-0.39, 0.29) is 0 Å². The Labute approximate surface area is 107 Å². The average molecular weight is 242 g/mol. The fourth-order valence-electron chi connectivity index (χ4n) is 2.25. The topological polar surface area (TPSA) is 24.5 Å². The van der Waals surface area contributed by atoms with Gasteiger partial charge in [0.1, 0.15) is 0 Å². The number of piperidine rings is 1. The third kappa shape index (κ3) is 8.58. The van der Waals surface area contributed by atoms with Gasteiger partial charge in [0.25, 0.3) is 0 Å². The van der Waals surface area contributed by atoms with Crippen molar-refractivity contribution in [1.29, 1.82) is 0 Å². The lowest BCUT2D eigenvalue weighted by molar-refractivity contribution is 0.0770. The molecule has 0 saturated carbocycles. The van der Waals surface area contributed by atoms with Crippen LogP contribution in [-0.2, 0) is 4.74 Å². The summed E-state index contributed by atoms with van der Waals surface area (Å²) in [6, 6.07) is 0. The summed E-state index contributed by atoms with van der Waals surface area (Å²) in [6.07, 6.45) is 7.02. The van der Waals surface area contributed by atoms with Gasteiger partial charge in [0.2, 0.25) is 0 Å². The van der Waals surface area contributed by atoms with Crippen molar-refractivity contribution in [2.24, 2.45) is 0 Å². The first kappa shape index (κ1) is 14.9. The molecule has 3 heteroatoms. The summed E-state index contributed by atoms with van der Waals surface area (Å²) in [5.41, 5.74) is 0. The highest BCUT2D eigenvalue weighted by molar-refractivity contribution is 4.64. The second-order valence-corrected chi connectivity index (χ2v) is 5.28. The van der Waals surface area contributed by atoms with E-state index in [1.165, 1.54) is 45.3 Å². The third-order valence-corrected chi connectivity index (χ3v) is 3.23. The van der Waals surface area contributed by atoms with Crippen LogP contribution in [0.2, 0.25) is 0 Å². The summed E-state index contributed by atoms with van der Waals surface area (Å²) < 4.78 is 5.50. The van der Waals surface area contributed by atoms with E-state index in [1.54, 1.807) is 0 Å². The first-order chi connectivity index (χ1) is 8.29. The van der Waals surface area contributed by atoms with Crippen LogP contribution in [0.4, 0.5) is 0 Å². The molecule has 0 aromatic carbocycles. The highest BCUT2D eigenvalue weighted by Crippen LogP contribution is 2.08. The van der Waals surface area contributed by atoms with Crippen molar-refractivity contribution < 1.29 is 4.74 Å². The molecule has 0 spiro atoms. The highest BCUT2D eigenvalue weighted by atomic mass is 16.5. The summed E-state index contributed by atoms with van der Waals surface area (Å²) in [4.78, 5) is 2.60. The zero-order valence-electron chi connectivity index (χ0n) is 11.7. The lowest BCUT2D eigenvalue weighted by Gasteiger charge is -2.26. The van der Waals surface area contributed by atoms with Crippen LogP contribution in [0.3, 0.4) is 0 Å². The smallest absolute Gasteiger partial charge is 0.0518 e. The van der Waals surface area contributed by atoms with Crippen LogP contribution in [0.15, 0.2) is 0 Å². The molecule has 1 aliphatic rings. The van der Waals surface area contributed by atoms with E-state index in [9.17, 15) is 0 Å². The third-order valence-electron chi connectivity index (χ3n) is 3.23. The number of hydrogen-bond acceptors (Lipinski definition) is 3. The molecule has 1 N–H and O–H groups in total. The van der Waals surface area contributed by atoms with Crippen LogP contribution in [-0.4, -0.2) is 50.3 Å². The van der Waals surface area contributed by atoms with Gasteiger partial charge < -0.3 is 15.0 Å². The normalized spacial score (nSPS) is 17.8. The van der Waals surface area contributed by atoms with Crippen LogP contribution < -0.4 is 5.32 Å². The molecule has 17 heavy (non-hydrogen) atoms. The summed E-state index contributed by atoms with van der Waals surface area (Å²) in [6.45, 7) is 11.2. The minimum Gasteiger partial charge on any atom is -0.379 e. The summed E-state index contributed by atoms with van der Waals surface area (Å²) >= 11 is 0. The van der Waals surface area contributed by atoms with Crippen LogP contribution in [0.1, 0.15) is 46.0 Å². The summed E-state index contributed by atoms with van der Waals surface area (Å²) in [7, 11) is 0. The van der Waals surface area contributed by atoms with Gasteiger partial charge in [-0.3, -0.25) is 0 Å². The van der Waals surface area contributed by atoms with Gasteiger partial charge in [0.15, 0.2) is 0 Å². The molecule has 0 atom stereocenters. The van der Waals surface area contributed by atoms with Crippen molar-refractivity contribution in [2.75, 3.05) is 39.3 Å². The van der Waals surface area contributed by atoms with Gasteiger partial charge in [0, 0.05) is 6.61 Å². The molecule has 0 unspecified atom stereocenters. The standard InChI is InChI=1S/C14H30N2O/c1-14(2)17-13-7-9-15-8-6-12-16-10-4-3-5-11-16/h14-15H,3-13H2,1-2H3. The number of hydrogen-bond donors (Lipinski definition) is 1. The molecule has 0 aliphatic carbocycles. The Hall–Kier alpha value is -0.120. The van der Waals surface area contributed by atoms with E-state index in [4.69, 9.17) is 4.74 Å². The Balaban J connectivity index is 1.78. The number of nitrogens with zero attached hydrogens (tertiary/aromatic N) is 1. The molecule has 1 fully saturated rings. The van der Waals surface area contributed by atoms with Gasteiger partial charge in [-0.25, -0.2) is 0 Å². The Morgan fingerprint density at radius 2 is 1.76 bits per heavy atom. The molecule has 0 bridgehead atoms. The monoisotopic (exact) mass is 242 g/mol. The molecule has 0 aromatic heterocycles. The van der Waals surface area contributed by atoms with E-state index in [2.05, 4.69) is 24.1 Å². The quantitative estimate of drug-likeness (QED) is 0.628. The minimum absolute atomic E-state index is 0.370. The molecule has 0 amide bonds. The van der Waals surface area contributed by atoms with Gasteiger partial charge in [-0.15, -0.1) is 0 Å². The van der Waals surface area contributed by atoms with Crippen LogP contribution in [0.25, 0.3) is 0 Å². The predicted octanol–water partition coefficient (Wildman–Crippen LogP) is 2.27. The van der Waals surface area contributed by atoms with E-state index in [0.717, 1.165) is 26.1 Å². The maximum absolute atomic E-state index is 5.50. The van der Waals surface area contributed by atoms with Crippen LogP contribution >= 0.6 is 0 Å². The van der Waals surface area contributed by atoms with Crippen LogP contribution in [0.5, 0.6) is 0 Å². The molecule has 102 valence electrons. The minimum atomic E-state index is 0.370. The van der Waals surface area contributed by atoms with Gasteiger partial charge in [-0.2, -0.15) is 0 Å². The first-order valence-corrected chi connectivity index (χ1v) is 7.33. The SMILES string of the molecule is CC(C)OCCCNCCCN1CCCCC1. The lowest BCUT2D eigenvalue weighted by Crippen LogP contribution is -2.32. The van der Waals surface area contributed by atoms with E-state index in [0.29, 0.717) is 6.10 Å². The number of likely N-dealkylation sites (tertiary alicyclic amines) is 1. The molecular weight excluding hydrogens is 212 g/mol. The van der Waals surface area contributed by atoms with Gasteiger partial charge >= 0.3 is 0 Å². The molecule has 1 saturated heterocycles. The highest BCUT2D eigenvalue weighted by Gasteiger charge is 2.08. The number of rotatable bonds is 9. The van der Waals surface area contributed by atoms with Crippen molar-refractivity contribution in [1.82, 2.24) is 10.2 Å².